The van der Waals surface area contributed by atoms with E-state index in [0.29, 0.717) is 12.5 Å². The average Bonchev–Trinajstić information content (AvgIpc) is 2.46. The fourth-order valence-corrected chi connectivity index (χ4v) is 1.47. The first-order valence-corrected chi connectivity index (χ1v) is 5.64. The van der Waals surface area contributed by atoms with Gasteiger partial charge in [0.25, 0.3) is 0 Å². The van der Waals surface area contributed by atoms with Gasteiger partial charge in [-0.2, -0.15) is 0 Å². The van der Waals surface area contributed by atoms with E-state index in [1.165, 1.54) is 18.3 Å². The Bertz CT molecular complexity index is 549. The molecule has 0 aliphatic carbocycles. The van der Waals surface area contributed by atoms with Gasteiger partial charge in [0, 0.05) is 12.3 Å². The predicted octanol–water partition coefficient (Wildman–Crippen LogP) is 2.37. The summed E-state index contributed by atoms with van der Waals surface area (Å²) in [6.07, 6.45) is 1.27. The van der Waals surface area contributed by atoms with E-state index in [4.69, 9.17) is 14.6 Å². The number of benzene rings is 1. The van der Waals surface area contributed by atoms with Gasteiger partial charge in [0.2, 0.25) is 5.88 Å². The molecule has 0 radical (unpaired) electrons. The van der Waals surface area contributed by atoms with E-state index in [9.17, 15) is 4.79 Å². The number of methoxy groups -OCH3 is 1. The van der Waals surface area contributed by atoms with E-state index in [1.54, 1.807) is 7.11 Å². The second-order valence-corrected chi connectivity index (χ2v) is 3.83. The number of ether oxygens (including phenoxy) is 2. The lowest BCUT2D eigenvalue weighted by Gasteiger charge is -2.06. The van der Waals surface area contributed by atoms with E-state index >= 15 is 0 Å². The second-order valence-electron chi connectivity index (χ2n) is 3.83. The van der Waals surface area contributed by atoms with E-state index in [1.807, 2.05) is 24.3 Å². The molecule has 0 aliphatic rings. The number of carbonyl (C=O) groups is 1. The van der Waals surface area contributed by atoms with Gasteiger partial charge in [0.05, 0.1) is 12.7 Å². The van der Waals surface area contributed by atoms with Crippen LogP contribution < -0.4 is 9.47 Å². The maximum atomic E-state index is 10.7. The van der Waals surface area contributed by atoms with Crippen LogP contribution in [0.4, 0.5) is 0 Å². The number of hydrogen-bond donors (Lipinski definition) is 1. The van der Waals surface area contributed by atoms with Crippen LogP contribution in [0.5, 0.6) is 11.6 Å². The van der Waals surface area contributed by atoms with Crippen LogP contribution in [-0.2, 0) is 6.61 Å². The molecule has 1 aromatic heterocycles. The van der Waals surface area contributed by atoms with Crippen LogP contribution in [-0.4, -0.2) is 23.2 Å². The molecule has 19 heavy (non-hydrogen) atoms. The Morgan fingerprint density at radius 2 is 1.95 bits per heavy atom. The second kappa shape index (κ2) is 5.86. The van der Waals surface area contributed by atoms with Crippen molar-refractivity contribution in [2.45, 2.75) is 6.61 Å². The zero-order valence-electron chi connectivity index (χ0n) is 10.4. The van der Waals surface area contributed by atoms with Gasteiger partial charge >= 0.3 is 5.97 Å². The summed E-state index contributed by atoms with van der Waals surface area (Å²) in [7, 11) is 1.61. The Hall–Kier alpha value is -2.56. The van der Waals surface area contributed by atoms with Gasteiger partial charge in [0.1, 0.15) is 12.4 Å². The molecule has 0 saturated carbocycles. The molecule has 0 amide bonds. The Morgan fingerprint density at radius 3 is 2.47 bits per heavy atom. The van der Waals surface area contributed by atoms with Crippen LogP contribution in [0.25, 0.3) is 0 Å². The largest absolute Gasteiger partial charge is 0.497 e. The Labute approximate surface area is 110 Å². The summed E-state index contributed by atoms with van der Waals surface area (Å²) in [5.74, 6) is 0.169. The molecule has 5 nitrogen and oxygen atoms in total. The van der Waals surface area contributed by atoms with Crippen LogP contribution in [0.2, 0.25) is 0 Å². The lowest BCUT2D eigenvalue weighted by molar-refractivity contribution is 0.0696. The number of nitrogens with zero attached hydrogens (tertiary/aromatic N) is 1. The van der Waals surface area contributed by atoms with Crippen LogP contribution in [0, 0.1) is 0 Å². The predicted molar refractivity (Wildman–Crippen MR) is 68.5 cm³/mol. The molecule has 1 heterocycles. The normalized spacial score (nSPS) is 9.95. The van der Waals surface area contributed by atoms with Crippen molar-refractivity contribution in [2.24, 2.45) is 0 Å². The molecule has 1 N–H and O–H groups in total. The van der Waals surface area contributed by atoms with Crippen molar-refractivity contribution in [3.8, 4) is 11.6 Å². The summed E-state index contributed by atoms with van der Waals surface area (Å²) in [5, 5.41) is 8.74. The SMILES string of the molecule is COc1ccc(COc2ccc(C(=O)O)cn2)cc1. The number of hydrogen-bond acceptors (Lipinski definition) is 4. The van der Waals surface area contributed by atoms with Crippen LogP contribution in [0.3, 0.4) is 0 Å². The summed E-state index contributed by atoms with van der Waals surface area (Å²) < 4.78 is 10.5. The van der Waals surface area contributed by atoms with Gasteiger partial charge in [-0.25, -0.2) is 9.78 Å². The van der Waals surface area contributed by atoms with E-state index in [-0.39, 0.29) is 5.56 Å². The van der Waals surface area contributed by atoms with Crippen molar-refractivity contribution in [1.82, 2.24) is 4.98 Å². The van der Waals surface area contributed by atoms with Gasteiger partial charge < -0.3 is 14.6 Å². The quantitative estimate of drug-likeness (QED) is 0.892. The smallest absolute Gasteiger partial charge is 0.337 e. The zero-order valence-corrected chi connectivity index (χ0v) is 10.4. The van der Waals surface area contributed by atoms with Crippen molar-refractivity contribution < 1.29 is 19.4 Å². The first kappa shape index (κ1) is 12.9. The van der Waals surface area contributed by atoms with E-state index < -0.39 is 5.97 Å². The van der Waals surface area contributed by atoms with Gasteiger partial charge in [-0.3, -0.25) is 0 Å². The zero-order chi connectivity index (χ0) is 13.7. The number of aromatic nitrogens is 1. The van der Waals surface area contributed by atoms with Crippen LogP contribution >= 0.6 is 0 Å². The fraction of sp³-hybridized carbons (Fsp3) is 0.143. The summed E-state index contributed by atoms with van der Waals surface area (Å²) in [6, 6.07) is 10.5. The van der Waals surface area contributed by atoms with Gasteiger partial charge in [-0.05, 0) is 23.8 Å². The lowest BCUT2D eigenvalue weighted by Crippen LogP contribution is -2.00. The molecule has 2 rings (SSSR count). The summed E-state index contributed by atoms with van der Waals surface area (Å²) >= 11 is 0. The highest BCUT2D eigenvalue weighted by Gasteiger charge is 2.03. The molecule has 0 unspecified atom stereocenters. The Morgan fingerprint density at radius 1 is 1.21 bits per heavy atom. The topological polar surface area (TPSA) is 68.7 Å². The Balaban J connectivity index is 1.95. The molecular weight excluding hydrogens is 246 g/mol. The molecule has 1 aromatic carbocycles. The number of carboxylic acid groups (broad SMARTS) is 1. The molecular formula is C14H13NO4. The van der Waals surface area contributed by atoms with Crippen LogP contribution in [0.15, 0.2) is 42.6 Å². The van der Waals surface area contributed by atoms with Crippen molar-refractivity contribution in [3.05, 3.63) is 53.7 Å². The van der Waals surface area contributed by atoms with E-state index in [0.717, 1.165) is 11.3 Å². The summed E-state index contributed by atoms with van der Waals surface area (Å²) in [6.45, 7) is 0.364. The summed E-state index contributed by atoms with van der Waals surface area (Å²) in [4.78, 5) is 14.6. The van der Waals surface area contributed by atoms with Gasteiger partial charge in [0.15, 0.2) is 0 Å². The highest BCUT2D eigenvalue weighted by Crippen LogP contribution is 2.14. The lowest BCUT2D eigenvalue weighted by atomic mass is 10.2. The monoisotopic (exact) mass is 259 g/mol. The minimum absolute atomic E-state index is 0.136. The number of aromatic carboxylic acids is 1. The highest BCUT2D eigenvalue weighted by molar-refractivity contribution is 5.87. The maximum Gasteiger partial charge on any atom is 0.337 e. The average molecular weight is 259 g/mol. The summed E-state index contributed by atoms with van der Waals surface area (Å²) in [5.41, 5.74) is 1.11. The van der Waals surface area contributed by atoms with Crippen molar-refractivity contribution in [1.29, 1.82) is 0 Å². The third kappa shape index (κ3) is 3.45. The molecule has 5 heteroatoms. The van der Waals surface area contributed by atoms with Gasteiger partial charge in [-0.1, -0.05) is 12.1 Å². The highest BCUT2D eigenvalue weighted by atomic mass is 16.5. The number of rotatable bonds is 5. The minimum atomic E-state index is -1.01. The molecule has 0 bridgehead atoms. The van der Waals surface area contributed by atoms with E-state index in [2.05, 4.69) is 4.98 Å². The molecule has 0 fully saturated rings. The molecule has 0 saturated heterocycles. The number of carboxylic acids is 1. The molecule has 2 aromatic rings. The van der Waals surface area contributed by atoms with Crippen LogP contribution in [0.1, 0.15) is 15.9 Å². The first-order valence-electron chi connectivity index (χ1n) is 5.64. The van der Waals surface area contributed by atoms with Crippen molar-refractivity contribution in [2.75, 3.05) is 7.11 Å². The molecule has 0 aliphatic heterocycles. The molecule has 0 atom stereocenters. The number of pyridine rings is 1. The van der Waals surface area contributed by atoms with Crippen molar-refractivity contribution >= 4 is 5.97 Å². The third-order valence-electron chi connectivity index (χ3n) is 2.53. The standard InChI is InChI=1S/C14H13NO4/c1-18-12-5-2-10(3-6-12)9-19-13-7-4-11(8-15-13)14(16)17/h2-8H,9H2,1H3,(H,16,17). The maximum absolute atomic E-state index is 10.7. The Kier molecular flexibility index (Phi) is 3.97. The molecule has 98 valence electrons. The minimum Gasteiger partial charge on any atom is -0.497 e. The van der Waals surface area contributed by atoms with Crippen molar-refractivity contribution in [3.63, 3.8) is 0 Å². The van der Waals surface area contributed by atoms with Gasteiger partial charge in [-0.15, -0.1) is 0 Å². The molecule has 0 spiro atoms. The third-order valence-corrected chi connectivity index (χ3v) is 2.53. The fourth-order valence-electron chi connectivity index (χ4n) is 1.47. The first-order chi connectivity index (χ1) is 9.19.